The molecule has 0 spiro atoms. The summed E-state index contributed by atoms with van der Waals surface area (Å²) in [5.74, 6) is 0.651. The summed E-state index contributed by atoms with van der Waals surface area (Å²) in [6.45, 7) is 3.74. The molecular weight excluding hydrogens is 200 g/mol. The highest BCUT2D eigenvalue weighted by molar-refractivity contribution is 4.79. The highest BCUT2D eigenvalue weighted by Crippen LogP contribution is 2.20. The Kier molecular flexibility index (Phi) is 8.84. The van der Waals surface area contributed by atoms with E-state index in [1.807, 2.05) is 0 Å². The summed E-state index contributed by atoms with van der Waals surface area (Å²) in [4.78, 5) is 0. The van der Waals surface area contributed by atoms with E-state index >= 15 is 0 Å². The summed E-state index contributed by atoms with van der Waals surface area (Å²) in [7, 11) is 0. The van der Waals surface area contributed by atoms with Gasteiger partial charge in [0.2, 0.25) is 0 Å². The topological polar surface area (TPSA) is 104 Å². The van der Waals surface area contributed by atoms with Crippen LogP contribution in [0.4, 0.5) is 0 Å². The molecule has 4 heteroatoms. The Morgan fingerprint density at radius 2 is 1.62 bits per heavy atom. The quantitative estimate of drug-likeness (QED) is 0.538. The highest BCUT2D eigenvalue weighted by atomic mass is 14.9. The molecule has 1 atom stereocenters. The van der Waals surface area contributed by atoms with E-state index in [0.29, 0.717) is 5.92 Å². The van der Waals surface area contributed by atoms with Crippen LogP contribution in [0, 0.1) is 5.92 Å². The van der Waals surface area contributed by atoms with Gasteiger partial charge in [0.25, 0.3) is 0 Å². The molecule has 16 heavy (non-hydrogen) atoms. The fourth-order valence-electron chi connectivity index (χ4n) is 1.79. The zero-order valence-corrected chi connectivity index (χ0v) is 10.8. The van der Waals surface area contributed by atoms with E-state index in [1.165, 1.54) is 25.7 Å². The van der Waals surface area contributed by atoms with E-state index in [-0.39, 0.29) is 5.66 Å². The maximum Gasteiger partial charge on any atom is 0.0636 e. The monoisotopic (exact) mass is 230 g/mol. The van der Waals surface area contributed by atoms with Crippen molar-refractivity contribution >= 4 is 0 Å². The Bertz CT molecular complexity index is 151. The lowest BCUT2D eigenvalue weighted by Crippen LogP contribution is -2.50. The Morgan fingerprint density at radius 1 is 1.06 bits per heavy atom. The van der Waals surface area contributed by atoms with Gasteiger partial charge in [-0.1, -0.05) is 26.2 Å². The lowest BCUT2D eigenvalue weighted by atomic mass is 9.91. The van der Waals surface area contributed by atoms with Gasteiger partial charge in [0.05, 0.1) is 5.66 Å². The van der Waals surface area contributed by atoms with Crippen LogP contribution in [0.5, 0.6) is 0 Å². The molecule has 1 saturated carbocycles. The Balaban J connectivity index is 0.000000281. The van der Waals surface area contributed by atoms with E-state index in [9.17, 15) is 0 Å². The predicted molar refractivity (Wildman–Crippen MR) is 70.7 cm³/mol. The van der Waals surface area contributed by atoms with Gasteiger partial charge in [-0.15, -0.1) is 0 Å². The molecule has 1 unspecified atom stereocenters. The van der Waals surface area contributed by atoms with Crippen LogP contribution in [0.3, 0.4) is 0 Å². The molecule has 1 aliphatic carbocycles. The molecule has 1 aliphatic rings. The molecule has 0 amide bonds. The van der Waals surface area contributed by atoms with Gasteiger partial charge in [-0.05, 0) is 44.7 Å². The van der Waals surface area contributed by atoms with E-state index in [2.05, 4.69) is 6.92 Å². The van der Waals surface area contributed by atoms with Gasteiger partial charge in [0, 0.05) is 0 Å². The molecule has 0 aromatic carbocycles. The average molecular weight is 230 g/mol. The van der Waals surface area contributed by atoms with Crippen molar-refractivity contribution in [2.24, 2.45) is 28.9 Å². The molecule has 4 nitrogen and oxygen atoms in total. The molecule has 98 valence electrons. The summed E-state index contributed by atoms with van der Waals surface area (Å²) < 4.78 is 0. The molecule has 0 aromatic heterocycles. The minimum Gasteiger partial charge on any atom is -0.330 e. The first-order valence-corrected chi connectivity index (χ1v) is 6.49. The Hall–Kier alpha value is -0.160. The van der Waals surface area contributed by atoms with Crippen LogP contribution in [0.15, 0.2) is 0 Å². The van der Waals surface area contributed by atoms with Crippen LogP contribution >= 0.6 is 0 Å². The van der Waals surface area contributed by atoms with Crippen LogP contribution in [-0.4, -0.2) is 18.8 Å². The molecule has 0 aromatic rings. The van der Waals surface area contributed by atoms with Gasteiger partial charge in [0.1, 0.15) is 0 Å². The summed E-state index contributed by atoms with van der Waals surface area (Å²) in [6, 6.07) is 0. The van der Waals surface area contributed by atoms with Crippen molar-refractivity contribution in [3.05, 3.63) is 0 Å². The largest absolute Gasteiger partial charge is 0.330 e. The van der Waals surface area contributed by atoms with Gasteiger partial charge in [0.15, 0.2) is 0 Å². The van der Waals surface area contributed by atoms with E-state index in [0.717, 1.165) is 32.4 Å². The number of hydrogen-bond acceptors (Lipinski definition) is 4. The molecule has 0 aliphatic heterocycles. The van der Waals surface area contributed by atoms with Gasteiger partial charge in [-0.3, -0.25) is 0 Å². The third-order valence-electron chi connectivity index (χ3n) is 3.09. The number of hydrogen-bond donors (Lipinski definition) is 4. The SMILES string of the molecule is CC(CN)CCCN.NC1(N)CCCCC1. The number of nitrogens with two attached hydrogens (primary N) is 4. The maximum atomic E-state index is 5.66. The fraction of sp³-hybridized carbons (Fsp3) is 1.00. The van der Waals surface area contributed by atoms with Crippen LogP contribution in [0.2, 0.25) is 0 Å². The van der Waals surface area contributed by atoms with Crippen LogP contribution < -0.4 is 22.9 Å². The molecule has 8 N–H and O–H groups in total. The van der Waals surface area contributed by atoms with Gasteiger partial charge < -0.3 is 22.9 Å². The van der Waals surface area contributed by atoms with E-state index in [4.69, 9.17) is 22.9 Å². The third kappa shape index (κ3) is 9.09. The van der Waals surface area contributed by atoms with Crippen molar-refractivity contribution in [2.45, 2.75) is 57.5 Å². The second-order valence-corrected chi connectivity index (χ2v) is 5.07. The maximum absolute atomic E-state index is 5.66. The Labute approximate surface area is 100 Å². The average Bonchev–Trinajstić information content (AvgIpc) is 2.26. The molecule has 0 bridgehead atoms. The molecule has 0 saturated heterocycles. The second-order valence-electron chi connectivity index (χ2n) is 5.07. The minimum atomic E-state index is -0.321. The molecule has 0 heterocycles. The normalized spacial score (nSPS) is 20.8. The van der Waals surface area contributed by atoms with Crippen molar-refractivity contribution in [3.8, 4) is 0 Å². The molecule has 1 fully saturated rings. The first-order valence-electron chi connectivity index (χ1n) is 6.49. The van der Waals surface area contributed by atoms with Crippen molar-refractivity contribution in [3.63, 3.8) is 0 Å². The van der Waals surface area contributed by atoms with Gasteiger partial charge in [-0.25, -0.2) is 0 Å². The standard InChI is InChI=1S/C6H14N2.C6H16N2/c7-6(8)4-2-1-3-5-6;1-6(5-8)3-2-4-7/h1-5,7-8H2;6H,2-5,7-8H2,1H3. The lowest BCUT2D eigenvalue weighted by molar-refractivity contribution is 0.306. The predicted octanol–water partition coefficient (Wildman–Crippen LogP) is 0.884. The Morgan fingerprint density at radius 3 is 1.94 bits per heavy atom. The first kappa shape index (κ1) is 15.8. The zero-order chi connectivity index (χ0) is 12.4. The number of rotatable bonds is 4. The van der Waals surface area contributed by atoms with E-state index < -0.39 is 0 Å². The summed E-state index contributed by atoms with van der Waals surface area (Å²) >= 11 is 0. The van der Waals surface area contributed by atoms with Crippen molar-refractivity contribution < 1.29 is 0 Å². The molecule has 0 radical (unpaired) electrons. The van der Waals surface area contributed by atoms with E-state index in [1.54, 1.807) is 0 Å². The van der Waals surface area contributed by atoms with Crippen molar-refractivity contribution in [1.29, 1.82) is 0 Å². The van der Waals surface area contributed by atoms with Crippen molar-refractivity contribution in [2.75, 3.05) is 13.1 Å². The highest BCUT2D eigenvalue weighted by Gasteiger charge is 2.21. The summed E-state index contributed by atoms with van der Waals surface area (Å²) in [5.41, 5.74) is 21.7. The van der Waals surface area contributed by atoms with Gasteiger partial charge >= 0.3 is 0 Å². The minimum absolute atomic E-state index is 0.321. The molecular formula is C12H30N4. The summed E-state index contributed by atoms with van der Waals surface area (Å²) in [5, 5.41) is 0. The lowest BCUT2D eigenvalue weighted by Gasteiger charge is -2.28. The van der Waals surface area contributed by atoms with Crippen LogP contribution in [0.25, 0.3) is 0 Å². The first-order chi connectivity index (χ1) is 7.52. The van der Waals surface area contributed by atoms with Crippen LogP contribution in [-0.2, 0) is 0 Å². The smallest absolute Gasteiger partial charge is 0.0636 e. The van der Waals surface area contributed by atoms with Crippen LogP contribution in [0.1, 0.15) is 51.9 Å². The van der Waals surface area contributed by atoms with Crippen molar-refractivity contribution in [1.82, 2.24) is 0 Å². The molecule has 1 rings (SSSR count). The van der Waals surface area contributed by atoms with Gasteiger partial charge in [-0.2, -0.15) is 0 Å². The zero-order valence-electron chi connectivity index (χ0n) is 10.8. The fourth-order valence-corrected chi connectivity index (χ4v) is 1.79. The summed E-state index contributed by atoms with van der Waals surface area (Å²) in [6.07, 6.45) is 8.04. The second kappa shape index (κ2) is 8.93. The third-order valence-corrected chi connectivity index (χ3v) is 3.09.